The Morgan fingerprint density at radius 1 is 1.16 bits per heavy atom. The van der Waals surface area contributed by atoms with Gasteiger partial charge in [-0.2, -0.15) is 0 Å². The van der Waals surface area contributed by atoms with Gasteiger partial charge in [-0.05, 0) is 35.2 Å². The van der Waals surface area contributed by atoms with Crippen LogP contribution in [-0.4, -0.2) is 12.3 Å². The average molecular weight is 292 g/mol. The van der Waals surface area contributed by atoms with Gasteiger partial charge in [0.25, 0.3) is 0 Å². The second-order valence-corrected chi connectivity index (χ2v) is 5.71. The summed E-state index contributed by atoms with van der Waals surface area (Å²) in [5, 5.41) is 1.75. The molecule has 0 saturated heterocycles. The van der Waals surface area contributed by atoms with E-state index >= 15 is 0 Å². The summed E-state index contributed by atoms with van der Waals surface area (Å²) in [5.41, 5.74) is 5.63. The van der Waals surface area contributed by atoms with Gasteiger partial charge in [0.15, 0.2) is 0 Å². The van der Waals surface area contributed by atoms with Gasteiger partial charge in [-0.3, -0.25) is 4.99 Å². The van der Waals surface area contributed by atoms with E-state index in [0.717, 1.165) is 46.5 Å². The third-order valence-electron chi connectivity index (χ3n) is 3.78. The molecule has 0 amide bonds. The Morgan fingerprint density at radius 2 is 2.00 bits per heavy atom. The molecule has 2 heterocycles. The largest absolute Gasteiger partial charge is 0.469 e. The lowest BCUT2D eigenvalue weighted by molar-refractivity contribution is 0.526. The van der Waals surface area contributed by atoms with E-state index in [0.29, 0.717) is 6.42 Å². The van der Waals surface area contributed by atoms with Crippen LogP contribution in [0.5, 0.6) is 0 Å². The topological polar surface area (TPSA) is 25.5 Å². The van der Waals surface area contributed by atoms with E-state index in [9.17, 15) is 0 Å². The van der Waals surface area contributed by atoms with Crippen LogP contribution >= 0.6 is 23.2 Å². The maximum absolute atomic E-state index is 6.50. The van der Waals surface area contributed by atoms with Gasteiger partial charge in [-0.15, -0.1) is 0 Å². The molecule has 0 bridgehead atoms. The number of furan rings is 1. The monoisotopic (exact) mass is 291 g/mol. The molecule has 0 atom stereocenters. The van der Waals surface area contributed by atoms with E-state index in [4.69, 9.17) is 27.6 Å². The number of benzene rings is 1. The zero-order chi connectivity index (χ0) is 13.0. The first-order chi connectivity index (χ1) is 9.25. The van der Waals surface area contributed by atoms with Gasteiger partial charge in [0.1, 0.15) is 5.76 Å². The van der Waals surface area contributed by atoms with Gasteiger partial charge < -0.3 is 4.42 Å². The van der Waals surface area contributed by atoms with Gasteiger partial charge in [-0.25, -0.2) is 0 Å². The first-order valence-electron chi connectivity index (χ1n) is 6.33. The van der Waals surface area contributed by atoms with Crippen molar-refractivity contribution in [3.8, 4) is 0 Å². The Kier molecular flexibility index (Phi) is 2.51. The second kappa shape index (κ2) is 4.12. The number of rotatable bonds is 2. The smallest absolute Gasteiger partial charge is 0.109 e. The van der Waals surface area contributed by atoms with Crippen molar-refractivity contribution in [2.45, 2.75) is 19.3 Å². The fourth-order valence-corrected chi connectivity index (χ4v) is 3.54. The van der Waals surface area contributed by atoms with Crippen LogP contribution in [0, 0.1) is 0 Å². The first kappa shape index (κ1) is 11.6. The number of halogens is 2. The summed E-state index contributed by atoms with van der Waals surface area (Å²) in [4.78, 5) is 4.63. The van der Waals surface area contributed by atoms with Crippen LogP contribution in [0.25, 0.3) is 0 Å². The molecule has 1 aliphatic carbocycles. The van der Waals surface area contributed by atoms with Crippen molar-refractivity contribution in [2.75, 3.05) is 6.54 Å². The standard InChI is InChI=1S/C15H11Cl2NO/c16-14-9-3-4-18-12(6-8-2-1-5-19-8)13(9)15(17)11-7-10(11)14/h1-2,5H,3-4,6-7H2. The summed E-state index contributed by atoms with van der Waals surface area (Å²) in [5.74, 6) is 0.906. The normalized spacial score (nSPS) is 15.8. The van der Waals surface area contributed by atoms with Gasteiger partial charge in [0, 0.05) is 30.0 Å². The molecule has 1 aromatic heterocycles. The quantitative estimate of drug-likeness (QED) is 0.698. The molecule has 2 nitrogen and oxygen atoms in total. The SMILES string of the molecule is Clc1c2c(c(Cl)c3c1CCN=C3Cc1ccco1)C2. The predicted octanol–water partition coefficient (Wildman–Crippen LogP) is 4.08. The van der Waals surface area contributed by atoms with Crippen LogP contribution in [-0.2, 0) is 19.3 Å². The minimum Gasteiger partial charge on any atom is -0.469 e. The van der Waals surface area contributed by atoms with Crippen LogP contribution in [0.1, 0.15) is 28.0 Å². The molecule has 0 N–H and O–H groups in total. The predicted molar refractivity (Wildman–Crippen MR) is 76.8 cm³/mol. The summed E-state index contributed by atoms with van der Waals surface area (Å²) < 4.78 is 5.41. The summed E-state index contributed by atoms with van der Waals surface area (Å²) in [6.07, 6.45) is 4.16. The van der Waals surface area contributed by atoms with E-state index in [2.05, 4.69) is 4.99 Å². The van der Waals surface area contributed by atoms with Gasteiger partial charge in [0.2, 0.25) is 0 Å². The van der Waals surface area contributed by atoms with Crippen molar-refractivity contribution in [3.05, 3.63) is 56.5 Å². The molecule has 4 heteroatoms. The molecule has 96 valence electrons. The van der Waals surface area contributed by atoms with Gasteiger partial charge in [0.05, 0.1) is 17.0 Å². The van der Waals surface area contributed by atoms with Crippen molar-refractivity contribution in [1.82, 2.24) is 0 Å². The highest BCUT2D eigenvalue weighted by atomic mass is 35.5. The van der Waals surface area contributed by atoms with Crippen LogP contribution < -0.4 is 0 Å². The molecule has 1 aromatic carbocycles. The lowest BCUT2D eigenvalue weighted by atomic mass is 9.95. The molecule has 1 aliphatic heterocycles. The van der Waals surface area contributed by atoms with Crippen LogP contribution in [0.4, 0.5) is 0 Å². The van der Waals surface area contributed by atoms with Crippen molar-refractivity contribution in [1.29, 1.82) is 0 Å². The lowest BCUT2D eigenvalue weighted by Crippen LogP contribution is -2.16. The van der Waals surface area contributed by atoms with Gasteiger partial charge in [-0.1, -0.05) is 23.2 Å². The lowest BCUT2D eigenvalue weighted by Gasteiger charge is -2.18. The highest BCUT2D eigenvalue weighted by Crippen LogP contribution is 2.46. The Hall–Kier alpha value is -1.25. The molecular weight excluding hydrogens is 281 g/mol. The average Bonchev–Trinajstić information content (AvgIpc) is 3.07. The van der Waals surface area contributed by atoms with E-state index in [1.165, 1.54) is 16.7 Å². The zero-order valence-electron chi connectivity index (χ0n) is 10.2. The van der Waals surface area contributed by atoms with Crippen LogP contribution in [0.15, 0.2) is 27.8 Å². The Balaban J connectivity index is 1.83. The van der Waals surface area contributed by atoms with E-state index in [-0.39, 0.29) is 0 Å². The van der Waals surface area contributed by atoms with Crippen molar-refractivity contribution < 1.29 is 4.42 Å². The summed E-state index contributed by atoms with van der Waals surface area (Å²) in [7, 11) is 0. The molecule has 0 unspecified atom stereocenters. The highest BCUT2D eigenvalue weighted by Gasteiger charge is 2.33. The number of nitrogens with zero attached hydrogens (tertiary/aromatic N) is 1. The fraction of sp³-hybridized carbons (Fsp3) is 0.267. The zero-order valence-corrected chi connectivity index (χ0v) is 11.7. The molecule has 2 aliphatic rings. The fourth-order valence-electron chi connectivity index (χ4n) is 2.77. The van der Waals surface area contributed by atoms with Gasteiger partial charge >= 0.3 is 0 Å². The Labute approximate surface area is 121 Å². The maximum Gasteiger partial charge on any atom is 0.109 e. The third-order valence-corrected chi connectivity index (χ3v) is 4.66. The molecule has 19 heavy (non-hydrogen) atoms. The minimum atomic E-state index is 0.675. The summed E-state index contributed by atoms with van der Waals surface area (Å²) in [6, 6.07) is 3.85. The first-order valence-corrected chi connectivity index (χ1v) is 7.09. The summed E-state index contributed by atoms with van der Waals surface area (Å²) in [6.45, 7) is 0.776. The second-order valence-electron chi connectivity index (χ2n) is 4.95. The molecular formula is C15H11Cl2NO. The molecule has 0 saturated carbocycles. The van der Waals surface area contributed by atoms with Crippen molar-refractivity contribution in [3.63, 3.8) is 0 Å². The third kappa shape index (κ3) is 1.74. The number of hydrogen-bond acceptors (Lipinski definition) is 2. The molecule has 4 rings (SSSR count). The summed E-state index contributed by atoms with van der Waals surface area (Å²) >= 11 is 12.9. The molecule has 0 spiro atoms. The number of hydrogen-bond donors (Lipinski definition) is 0. The van der Waals surface area contributed by atoms with E-state index < -0.39 is 0 Å². The molecule has 0 fully saturated rings. The Bertz CT molecular complexity index is 702. The number of aliphatic imine (C=N–C) groups is 1. The van der Waals surface area contributed by atoms with E-state index in [1.807, 2.05) is 12.1 Å². The van der Waals surface area contributed by atoms with E-state index in [1.54, 1.807) is 6.26 Å². The minimum absolute atomic E-state index is 0.675. The molecule has 2 aromatic rings. The van der Waals surface area contributed by atoms with Crippen molar-refractivity contribution >= 4 is 28.9 Å². The molecule has 0 radical (unpaired) electrons. The van der Waals surface area contributed by atoms with Crippen LogP contribution in [0.3, 0.4) is 0 Å². The maximum atomic E-state index is 6.50. The Morgan fingerprint density at radius 3 is 2.79 bits per heavy atom. The van der Waals surface area contributed by atoms with Crippen molar-refractivity contribution in [2.24, 2.45) is 4.99 Å². The highest BCUT2D eigenvalue weighted by molar-refractivity contribution is 6.39. The number of fused-ring (bicyclic) bond motifs is 2. The van der Waals surface area contributed by atoms with Crippen LogP contribution in [0.2, 0.25) is 10.0 Å².